The van der Waals surface area contributed by atoms with E-state index in [4.69, 9.17) is 0 Å². The Morgan fingerprint density at radius 1 is 1.50 bits per heavy atom. The summed E-state index contributed by atoms with van der Waals surface area (Å²) in [4.78, 5) is 14.8. The average Bonchev–Trinajstić information content (AvgIpc) is 2.30. The average molecular weight is 141 g/mol. The van der Waals surface area contributed by atoms with Crippen molar-refractivity contribution in [2.45, 2.75) is 13.8 Å². The molecule has 1 heterocycles. The fraction of sp³-hybridized carbons (Fsp3) is 0.714. The van der Waals surface area contributed by atoms with E-state index in [1.54, 1.807) is 4.90 Å². The first-order valence-electron chi connectivity index (χ1n) is 3.66. The standard InChI is InChI=1S/C7H13N2O/c1-3-8-5-7(10)9(4-2)6-8/h6H,3-5H2,1-2H3/q-1. The zero-order valence-corrected chi connectivity index (χ0v) is 6.50. The number of likely N-dealkylation sites (N-methyl/N-ethyl adjacent to an activating group) is 2. The van der Waals surface area contributed by atoms with Crippen LogP contribution in [-0.2, 0) is 4.79 Å². The highest BCUT2D eigenvalue weighted by Gasteiger charge is 2.14. The van der Waals surface area contributed by atoms with Gasteiger partial charge in [0.2, 0.25) is 5.91 Å². The summed E-state index contributed by atoms with van der Waals surface area (Å²) < 4.78 is 0. The Balaban J connectivity index is 2.44. The zero-order valence-electron chi connectivity index (χ0n) is 6.50. The maximum Gasteiger partial charge on any atom is 0.206 e. The van der Waals surface area contributed by atoms with E-state index >= 15 is 0 Å². The molecule has 0 aromatic heterocycles. The monoisotopic (exact) mass is 141 g/mol. The van der Waals surface area contributed by atoms with Crippen LogP contribution in [0.5, 0.6) is 0 Å². The first-order valence-corrected chi connectivity index (χ1v) is 3.66. The van der Waals surface area contributed by atoms with Crippen molar-refractivity contribution in [2.24, 2.45) is 0 Å². The number of nitrogens with zero attached hydrogens (tertiary/aromatic N) is 2. The molecule has 0 unspecified atom stereocenters. The minimum atomic E-state index is 0.212. The Labute approximate surface area is 61.6 Å². The zero-order chi connectivity index (χ0) is 7.56. The Bertz CT molecular complexity index is 136. The molecule has 0 atom stereocenters. The molecule has 0 aliphatic carbocycles. The molecule has 1 amide bonds. The number of hydrogen-bond donors (Lipinski definition) is 0. The predicted octanol–water partition coefficient (Wildman–Crippen LogP) is 0.290. The van der Waals surface area contributed by atoms with Gasteiger partial charge in [-0.2, -0.15) is 6.67 Å². The third kappa shape index (κ3) is 1.29. The van der Waals surface area contributed by atoms with Crippen LogP contribution in [0.4, 0.5) is 0 Å². The van der Waals surface area contributed by atoms with Crippen LogP contribution in [0.1, 0.15) is 13.8 Å². The largest absolute Gasteiger partial charge is 0.478 e. The molecule has 0 spiro atoms. The SMILES string of the molecule is CCN1[CH-]N(CC)C(=O)C1. The minimum absolute atomic E-state index is 0.212. The lowest BCUT2D eigenvalue weighted by Gasteiger charge is -2.27. The van der Waals surface area contributed by atoms with Crippen molar-refractivity contribution in [2.75, 3.05) is 19.6 Å². The first-order chi connectivity index (χ1) is 4.77. The Kier molecular flexibility index (Phi) is 2.27. The van der Waals surface area contributed by atoms with Crippen molar-refractivity contribution in [3.63, 3.8) is 0 Å². The minimum Gasteiger partial charge on any atom is -0.478 e. The molecular weight excluding hydrogens is 128 g/mol. The second-order valence-electron chi connectivity index (χ2n) is 2.36. The lowest BCUT2D eigenvalue weighted by molar-refractivity contribution is -0.125. The lowest BCUT2D eigenvalue weighted by Crippen LogP contribution is -2.22. The molecule has 0 bridgehead atoms. The van der Waals surface area contributed by atoms with Gasteiger partial charge in [-0.3, -0.25) is 4.79 Å². The molecule has 1 aliphatic heterocycles. The third-order valence-corrected chi connectivity index (χ3v) is 1.71. The second kappa shape index (κ2) is 3.01. The molecule has 58 valence electrons. The van der Waals surface area contributed by atoms with Gasteiger partial charge in [0.05, 0.1) is 0 Å². The summed E-state index contributed by atoms with van der Waals surface area (Å²) in [5.74, 6) is 0.212. The van der Waals surface area contributed by atoms with Gasteiger partial charge in [-0.1, -0.05) is 6.92 Å². The summed E-state index contributed by atoms with van der Waals surface area (Å²) >= 11 is 0. The lowest BCUT2D eigenvalue weighted by atomic mass is 10.5. The topological polar surface area (TPSA) is 23.6 Å². The van der Waals surface area contributed by atoms with Gasteiger partial charge >= 0.3 is 0 Å². The molecule has 10 heavy (non-hydrogen) atoms. The van der Waals surface area contributed by atoms with E-state index in [1.807, 2.05) is 25.4 Å². The van der Waals surface area contributed by atoms with Gasteiger partial charge < -0.3 is 9.80 Å². The van der Waals surface area contributed by atoms with Gasteiger partial charge in [-0.05, 0) is 20.0 Å². The normalized spacial score (nSPS) is 20.6. The highest BCUT2D eigenvalue weighted by molar-refractivity contribution is 5.81. The Hall–Kier alpha value is -0.570. The third-order valence-electron chi connectivity index (χ3n) is 1.71. The molecule has 0 saturated carbocycles. The van der Waals surface area contributed by atoms with E-state index in [0.29, 0.717) is 6.54 Å². The van der Waals surface area contributed by atoms with Gasteiger partial charge in [-0.15, -0.1) is 0 Å². The van der Waals surface area contributed by atoms with Crippen LogP contribution in [0.3, 0.4) is 0 Å². The molecule has 0 radical (unpaired) electrons. The number of carbonyl (C=O) groups excluding carboxylic acids is 1. The molecule has 1 aliphatic rings. The molecule has 0 N–H and O–H groups in total. The fourth-order valence-corrected chi connectivity index (χ4v) is 1.02. The maximum absolute atomic E-state index is 11.0. The highest BCUT2D eigenvalue weighted by Crippen LogP contribution is 2.08. The maximum atomic E-state index is 11.0. The molecule has 0 aromatic carbocycles. The Morgan fingerprint density at radius 2 is 2.20 bits per heavy atom. The number of carbonyl (C=O) groups is 1. The van der Waals surface area contributed by atoms with Crippen molar-refractivity contribution >= 4 is 5.91 Å². The van der Waals surface area contributed by atoms with Crippen molar-refractivity contribution in [3.8, 4) is 0 Å². The van der Waals surface area contributed by atoms with Gasteiger partial charge in [0.15, 0.2) is 0 Å². The van der Waals surface area contributed by atoms with Crippen LogP contribution in [0.25, 0.3) is 0 Å². The first kappa shape index (κ1) is 7.54. The molecule has 1 saturated heterocycles. The fourth-order valence-electron chi connectivity index (χ4n) is 1.02. The van der Waals surface area contributed by atoms with Crippen LogP contribution in [0.2, 0.25) is 0 Å². The van der Waals surface area contributed by atoms with Crippen LogP contribution in [0, 0.1) is 6.67 Å². The summed E-state index contributed by atoms with van der Waals surface area (Å²) in [6.45, 7) is 8.18. The van der Waals surface area contributed by atoms with Gasteiger partial charge in [-0.25, -0.2) is 0 Å². The van der Waals surface area contributed by atoms with E-state index in [-0.39, 0.29) is 5.91 Å². The summed E-state index contributed by atoms with van der Waals surface area (Å²) in [5, 5.41) is 0. The smallest absolute Gasteiger partial charge is 0.206 e. The van der Waals surface area contributed by atoms with Crippen molar-refractivity contribution in [1.82, 2.24) is 9.80 Å². The van der Waals surface area contributed by atoms with Crippen molar-refractivity contribution in [1.29, 1.82) is 0 Å². The van der Waals surface area contributed by atoms with E-state index in [9.17, 15) is 4.79 Å². The summed E-state index contributed by atoms with van der Waals surface area (Å²) in [5.41, 5.74) is 0. The van der Waals surface area contributed by atoms with Crippen LogP contribution in [0.15, 0.2) is 0 Å². The number of rotatable bonds is 2. The molecule has 0 aromatic rings. The number of hydrogen-bond acceptors (Lipinski definition) is 2. The van der Waals surface area contributed by atoms with E-state index < -0.39 is 0 Å². The van der Waals surface area contributed by atoms with Crippen LogP contribution < -0.4 is 0 Å². The second-order valence-corrected chi connectivity index (χ2v) is 2.36. The van der Waals surface area contributed by atoms with Crippen molar-refractivity contribution < 1.29 is 4.79 Å². The molecule has 3 heteroatoms. The Morgan fingerprint density at radius 3 is 2.50 bits per heavy atom. The van der Waals surface area contributed by atoms with Gasteiger partial charge in [0.1, 0.15) is 0 Å². The summed E-state index contributed by atoms with van der Waals surface area (Å²) in [6.07, 6.45) is 0. The highest BCUT2D eigenvalue weighted by atomic mass is 16.2. The van der Waals surface area contributed by atoms with Crippen molar-refractivity contribution in [3.05, 3.63) is 6.67 Å². The molecule has 1 fully saturated rings. The van der Waals surface area contributed by atoms with Gasteiger partial charge in [0, 0.05) is 6.54 Å². The van der Waals surface area contributed by atoms with Crippen LogP contribution in [-0.4, -0.2) is 35.3 Å². The number of amides is 1. The van der Waals surface area contributed by atoms with E-state index in [2.05, 4.69) is 0 Å². The van der Waals surface area contributed by atoms with E-state index in [0.717, 1.165) is 13.1 Å². The summed E-state index contributed by atoms with van der Waals surface area (Å²) in [7, 11) is 0. The molecule has 1 rings (SSSR count). The predicted molar refractivity (Wildman–Crippen MR) is 38.9 cm³/mol. The summed E-state index contributed by atoms with van der Waals surface area (Å²) in [6, 6.07) is 0. The van der Waals surface area contributed by atoms with E-state index in [1.165, 1.54) is 0 Å². The molecule has 3 nitrogen and oxygen atoms in total. The quantitative estimate of drug-likeness (QED) is 0.516. The van der Waals surface area contributed by atoms with Gasteiger partial charge in [0.25, 0.3) is 0 Å². The van der Waals surface area contributed by atoms with Crippen LogP contribution >= 0.6 is 0 Å². The molecular formula is C7H13N2O-.